The van der Waals surface area contributed by atoms with E-state index < -0.39 is 5.63 Å². The molecule has 1 aliphatic rings. The third kappa shape index (κ3) is 2.50. The van der Waals surface area contributed by atoms with E-state index >= 15 is 0 Å². The van der Waals surface area contributed by atoms with Gasteiger partial charge < -0.3 is 9.15 Å². The molecule has 1 heterocycles. The minimum Gasteiger partial charge on any atom is -0.461 e. The molecule has 4 nitrogen and oxygen atoms in total. The van der Waals surface area contributed by atoms with E-state index in [4.69, 9.17) is 9.15 Å². The zero-order chi connectivity index (χ0) is 16.0. The van der Waals surface area contributed by atoms with Gasteiger partial charge in [0.1, 0.15) is 12.2 Å². The molecule has 116 valence electrons. The van der Waals surface area contributed by atoms with Crippen molar-refractivity contribution in [3.05, 3.63) is 58.4 Å². The highest BCUT2D eigenvalue weighted by Gasteiger charge is 2.40. The maximum Gasteiger partial charge on any atom is 0.336 e. The Morgan fingerprint density at radius 2 is 2.04 bits per heavy atom. The van der Waals surface area contributed by atoms with Gasteiger partial charge in [-0.1, -0.05) is 37.3 Å². The van der Waals surface area contributed by atoms with Gasteiger partial charge in [-0.3, -0.25) is 4.79 Å². The van der Waals surface area contributed by atoms with E-state index in [0.717, 1.165) is 22.6 Å². The molecule has 0 unspecified atom stereocenters. The second-order valence-electron chi connectivity index (χ2n) is 6.18. The Balaban J connectivity index is 1.79. The van der Waals surface area contributed by atoms with Crippen LogP contribution in [-0.2, 0) is 16.1 Å². The summed E-state index contributed by atoms with van der Waals surface area (Å²) in [6.45, 7) is 2.13. The largest absolute Gasteiger partial charge is 0.461 e. The molecule has 0 aliphatic heterocycles. The second kappa shape index (κ2) is 5.23. The molecular formula is C19H16O4. The summed E-state index contributed by atoms with van der Waals surface area (Å²) in [5.41, 5.74) is 0.773. The SMILES string of the molecule is C[C@@H]1C[C@H]1C(=O)OCc1cc(=O)oc2ccc3ccccc3c12. The van der Waals surface area contributed by atoms with Crippen molar-refractivity contribution in [2.45, 2.75) is 20.0 Å². The highest BCUT2D eigenvalue weighted by Crippen LogP contribution is 2.39. The van der Waals surface area contributed by atoms with Gasteiger partial charge in [0.25, 0.3) is 0 Å². The first kappa shape index (κ1) is 14.0. The molecule has 1 fully saturated rings. The van der Waals surface area contributed by atoms with E-state index in [9.17, 15) is 9.59 Å². The van der Waals surface area contributed by atoms with Crippen LogP contribution in [0.3, 0.4) is 0 Å². The first-order valence-electron chi connectivity index (χ1n) is 7.74. The van der Waals surface area contributed by atoms with Crippen molar-refractivity contribution in [1.82, 2.24) is 0 Å². The molecule has 23 heavy (non-hydrogen) atoms. The quantitative estimate of drug-likeness (QED) is 0.421. The van der Waals surface area contributed by atoms with Gasteiger partial charge in [0.15, 0.2) is 0 Å². The van der Waals surface area contributed by atoms with Crippen molar-refractivity contribution in [2.24, 2.45) is 11.8 Å². The summed E-state index contributed by atoms with van der Waals surface area (Å²) in [6, 6.07) is 13.0. The second-order valence-corrected chi connectivity index (χ2v) is 6.18. The predicted octanol–water partition coefficient (Wildman–Crippen LogP) is 3.65. The number of hydrogen-bond donors (Lipinski definition) is 0. The fourth-order valence-corrected chi connectivity index (χ4v) is 3.04. The number of ether oxygens (including phenoxy) is 1. The van der Waals surface area contributed by atoms with Gasteiger partial charge in [-0.15, -0.1) is 0 Å². The molecule has 0 spiro atoms. The molecule has 1 aliphatic carbocycles. The zero-order valence-corrected chi connectivity index (χ0v) is 12.7. The first-order chi connectivity index (χ1) is 11.1. The Labute approximate surface area is 132 Å². The van der Waals surface area contributed by atoms with Crippen LogP contribution < -0.4 is 5.63 Å². The normalized spacial score (nSPS) is 19.9. The van der Waals surface area contributed by atoms with Gasteiger partial charge in [0, 0.05) is 17.0 Å². The van der Waals surface area contributed by atoms with Crippen molar-refractivity contribution in [2.75, 3.05) is 0 Å². The highest BCUT2D eigenvalue weighted by atomic mass is 16.5. The van der Waals surface area contributed by atoms with Gasteiger partial charge in [-0.05, 0) is 29.2 Å². The lowest BCUT2D eigenvalue weighted by Crippen LogP contribution is -2.09. The smallest absolute Gasteiger partial charge is 0.336 e. The van der Waals surface area contributed by atoms with Crippen LogP contribution in [0.15, 0.2) is 51.7 Å². The van der Waals surface area contributed by atoms with E-state index in [1.165, 1.54) is 6.07 Å². The number of fused-ring (bicyclic) bond motifs is 3. The molecule has 0 radical (unpaired) electrons. The number of carbonyl (C=O) groups excluding carboxylic acids is 1. The van der Waals surface area contributed by atoms with Crippen LogP contribution in [0.1, 0.15) is 18.9 Å². The predicted molar refractivity (Wildman–Crippen MR) is 87.1 cm³/mol. The lowest BCUT2D eigenvalue weighted by Gasteiger charge is -2.09. The number of carbonyl (C=O) groups is 1. The average molecular weight is 308 g/mol. The summed E-state index contributed by atoms with van der Waals surface area (Å²) in [5, 5.41) is 2.87. The molecular weight excluding hydrogens is 292 g/mol. The lowest BCUT2D eigenvalue weighted by atomic mass is 10.0. The Morgan fingerprint density at radius 1 is 1.26 bits per heavy atom. The highest BCUT2D eigenvalue weighted by molar-refractivity contribution is 6.07. The van der Waals surface area contributed by atoms with Crippen molar-refractivity contribution >= 4 is 27.7 Å². The van der Waals surface area contributed by atoms with Crippen LogP contribution in [0.5, 0.6) is 0 Å². The van der Waals surface area contributed by atoms with Crippen LogP contribution in [0.2, 0.25) is 0 Å². The Bertz CT molecular complexity index is 970. The fraction of sp³-hybridized carbons (Fsp3) is 0.263. The molecule has 0 N–H and O–H groups in total. The van der Waals surface area contributed by atoms with Gasteiger partial charge in [0.05, 0.1) is 5.92 Å². The number of esters is 1. The van der Waals surface area contributed by atoms with E-state index in [2.05, 4.69) is 0 Å². The number of rotatable bonds is 3. The molecule has 4 heteroatoms. The molecule has 0 saturated heterocycles. The molecule has 2 atom stereocenters. The summed E-state index contributed by atoms with van der Waals surface area (Å²) < 4.78 is 10.7. The Morgan fingerprint density at radius 3 is 2.83 bits per heavy atom. The maximum absolute atomic E-state index is 11.9. The standard InChI is InChI=1S/C19H16O4/c1-11-8-15(11)19(21)22-10-13-9-17(20)23-16-7-6-12-4-2-3-5-14(12)18(13)16/h2-7,9,11,15H,8,10H2,1H3/t11-,15-/m1/s1. The third-order valence-corrected chi connectivity index (χ3v) is 4.50. The van der Waals surface area contributed by atoms with Crippen molar-refractivity contribution in [1.29, 1.82) is 0 Å². The molecule has 1 saturated carbocycles. The summed E-state index contributed by atoms with van der Waals surface area (Å²) in [6.07, 6.45) is 0.888. The summed E-state index contributed by atoms with van der Waals surface area (Å²) in [4.78, 5) is 23.7. The fourth-order valence-electron chi connectivity index (χ4n) is 3.04. The lowest BCUT2D eigenvalue weighted by molar-refractivity contribution is -0.146. The third-order valence-electron chi connectivity index (χ3n) is 4.50. The minimum atomic E-state index is -0.432. The van der Waals surface area contributed by atoms with Crippen LogP contribution in [0, 0.1) is 11.8 Å². The van der Waals surface area contributed by atoms with Crippen molar-refractivity contribution in [3.63, 3.8) is 0 Å². The Hall–Kier alpha value is -2.62. The van der Waals surface area contributed by atoms with Gasteiger partial charge in [0.2, 0.25) is 0 Å². The minimum absolute atomic E-state index is 0.0122. The summed E-state index contributed by atoms with van der Waals surface area (Å²) in [5.74, 6) is 0.234. The molecule has 4 rings (SSSR count). The van der Waals surface area contributed by atoms with Gasteiger partial charge in [-0.25, -0.2) is 4.79 Å². The van der Waals surface area contributed by atoms with Crippen LogP contribution in [0.4, 0.5) is 0 Å². The first-order valence-corrected chi connectivity index (χ1v) is 7.74. The monoisotopic (exact) mass is 308 g/mol. The zero-order valence-electron chi connectivity index (χ0n) is 12.7. The molecule has 0 bridgehead atoms. The summed E-state index contributed by atoms with van der Waals surface area (Å²) >= 11 is 0. The summed E-state index contributed by atoms with van der Waals surface area (Å²) in [7, 11) is 0. The van der Waals surface area contributed by atoms with Gasteiger partial charge >= 0.3 is 11.6 Å². The molecule has 3 aromatic rings. The maximum atomic E-state index is 11.9. The van der Waals surface area contributed by atoms with E-state index in [-0.39, 0.29) is 18.5 Å². The van der Waals surface area contributed by atoms with Crippen LogP contribution >= 0.6 is 0 Å². The van der Waals surface area contributed by atoms with E-state index in [1.807, 2.05) is 37.3 Å². The van der Waals surface area contributed by atoms with Crippen LogP contribution in [0.25, 0.3) is 21.7 Å². The Kier molecular flexibility index (Phi) is 3.18. The van der Waals surface area contributed by atoms with E-state index in [1.54, 1.807) is 6.07 Å². The average Bonchev–Trinajstić information content (AvgIpc) is 3.28. The van der Waals surface area contributed by atoms with Crippen molar-refractivity contribution < 1.29 is 13.9 Å². The van der Waals surface area contributed by atoms with Crippen LogP contribution in [-0.4, -0.2) is 5.97 Å². The van der Waals surface area contributed by atoms with Gasteiger partial charge in [-0.2, -0.15) is 0 Å². The topological polar surface area (TPSA) is 56.5 Å². The molecule has 2 aromatic carbocycles. The molecule has 0 amide bonds. The number of hydrogen-bond acceptors (Lipinski definition) is 4. The van der Waals surface area contributed by atoms with Crippen molar-refractivity contribution in [3.8, 4) is 0 Å². The molecule has 1 aromatic heterocycles. The van der Waals surface area contributed by atoms with E-state index in [0.29, 0.717) is 17.1 Å². The number of benzene rings is 2.